The van der Waals surface area contributed by atoms with Crippen LogP contribution < -0.4 is 0 Å². The van der Waals surface area contributed by atoms with Gasteiger partial charge in [0.25, 0.3) is 0 Å². The molecule has 1 aromatic rings. The molecule has 1 aromatic heterocycles. The summed E-state index contributed by atoms with van der Waals surface area (Å²) in [5.41, 5.74) is 0. The number of hydrogen-bond donors (Lipinski definition) is 0. The van der Waals surface area contributed by atoms with Gasteiger partial charge in [0.2, 0.25) is 0 Å². The zero-order valence-corrected chi connectivity index (χ0v) is 12.9. The van der Waals surface area contributed by atoms with Gasteiger partial charge in [-0.1, -0.05) is 22.9 Å². The van der Waals surface area contributed by atoms with Crippen LogP contribution in [-0.4, -0.2) is 4.83 Å². The summed E-state index contributed by atoms with van der Waals surface area (Å²) in [4.78, 5) is 2.24. The van der Waals surface area contributed by atoms with Gasteiger partial charge in [0.15, 0.2) is 0 Å². The molecule has 1 heterocycles. The number of hydrogen-bond acceptors (Lipinski definition) is 1. The zero-order chi connectivity index (χ0) is 10.8. The van der Waals surface area contributed by atoms with Gasteiger partial charge in [0.1, 0.15) is 0 Å². The molecule has 1 fully saturated rings. The highest BCUT2D eigenvalue weighted by molar-refractivity contribution is 9.10. The quantitative estimate of drug-likeness (QED) is 0.638. The first-order valence-electron chi connectivity index (χ1n) is 5.52. The maximum atomic E-state index is 3.84. The molecule has 0 N–H and O–H groups in total. The molecule has 0 radical (unpaired) electrons. The lowest BCUT2D eigenvalue weighted by Gasteiger charge is -2.31. The van der Waals surface area contributed by atoms with Gasteiger partial charge in [0.05, 0.1) is 0 Å². The number of rotatable bonds is 2. The minimum atomic E-state index is 0.725. The van der Waals surface area contributed by atoms with Crippen LogP contribution in [0.2, 0.25) is 0 Å². The Morgan fingerprint density at radius 3 is 2.93 bits per heavy atom. The number of thiophene rings is 1. The summed E-state index contributed by atoms with van der Waals surface area (Å²) in [6, 6.07) is 2.16. The van der Waals surface area contributed by atoms with Gasteiger partial charge >= 0.3 is 0 Å². The third-order valence-corrected chi connectivity index (χ3v) is 6.44. The highest BCUT2D eigenvalue weighted by Crippen LogP contribution is 2.37. The van der Waals surface area contributed by atoms with Gasteiger partial charge in [-0.05, 0) is 64.9 Å². The lowest BCUT2D eigenvalue weighted by molar-refractivity contribution is 0.295. The van der Waals surface area contributed by atoms with E-state index in [4.69, 9.17) is 0 Å². The van der Waals surface area contributed by atoms with E-state index in [0.717, 1.165) is 16.7 Å². The largest absolute Gasteiger partial charge is 0.148 e. The molecule has 0 amide bonds. The van der Waals surface area contributed by atoms with Crippen LogP contribution in [0.1, 0.15) is 31.1 Å². The Bertz CT molecular complexity index is 321. The lowest BCUT2D eigenvalue weighted by atomic mass is 9.80. The molecule has 0 bridgehead atoms. The van der Waals surface area contributed by atoms with Crippen LogP contribution in [0.15, 0.2) is 15.9 Å². The fraction of sp³-hybridized carbons (Fsp3) is 0.667. The second-order valence-corrected chi connectivity index (χ2v) is 7.62. The van der Waals surface area contributed by atoms with Crippen LogP contribution in [0, 0.1) is 11.8 Å². The summed E-state index contributed by atoms with van der Waals surface area (Å²) >= 11 is 9.34. The van der Waals surface area contributed by atoms with E-state index in [9.17, 15) is 0 Å². The second kappa shape index (κ2) is 5.33. The predicted molar refractivity (Wildman–Crippen MR) is 74.9 cm³/mol. The first-order valence-corrected chi connectivity index (χ1v) is 8.11. The van der Waals surface area contributed by atoms with Gasteiger partial charge in [-0.25, -0.2) is 0 Å². The van der Waals surface area contributed by atoms with Crippen molar-refractivity contribution in [2.75, 3.05) is 0 Å². The molecule has 1 aliphatic rings. The number of alkyl halides is 1. The summed E-state index contributed by atoms with van der Waals surface area (Å²) in [6.07, 6.45) is 5.34. The van der Waals surface area contributed by atoms with Gasteiger partial charge in [-0.3, -0.25) is 0 Å². The molecule has 3 heteroatoms. The van der Waals surface area contributed by atoms with E-state index in [1.54, 1.807) is 0 Å². The minimum absolute atomic E-state index is 0.725. The van der Waals surface area contributed by atoms with Crippen molar-refractivity contribution in [3.63, 3.8) is 0 Å². The molecular formula is C12H16Br2S. The van der Waals surface area contributed by atoms with E-state index in [1.165, 1.54) is 35.0 Å². The predicted octanol–water partition coefficient (Wildman–Crippen LogP) is 5.25. The Hall–Kier alpha value is 0.660. The van der Waals surface area contributed by atoms with E-state index in [-0.39, 0.29) is 0 Å². The van der Waals surface area contributed by atoms with Crippen LogP contribution in [0.25, 0.3) is 0 Å². The fourth-order valence-electron chi connectivity index (χ4n) is 2.38. The van der Waals surface area contributed by atoms with Crippen LogP contribution >= 0.6 is 43.2 Å². The SMILES string of the molecule is CC1CCC(Br)C(Cc2sccc2Br)C1. The number of halogens is 2. The average Bonchev–Trinajstić information content (AvgIpc) is 2.58. The fourth-order valence-corrected chi connectivity index (χ4v) is 4.66. The summed E-state index contributed by atoms with van der Waals surface area (Å²) in [5.74, 6) is 1.73. The van der Waals surface area contributed by atoms with Crippen molar-refractivity contribution < 1.29 is 0 Å². The summed E-state index contributed by atoms with van der Waals surface area (Å²) < 4.78 is 1.30. The Kier molecular flexibility index (Phi) is 4.31. The standard InChI is InChI=1S/C12H16Br2S/c1-8-2-3-10(13)9(6-8)7-12-11(14)4-5-15-12/h4-5,8-10H,2-3,6-7H2,1H3. The first kappa shape index (κ1) is 12.1. The van der Waals surface area contributed by atoms with E-state index >= 15 is 0 Å². The van der Waals surface area contributed by atoms with Crippen molar-refractivity contribution in [1.82, 2.24) is 0 Å². The maximum Gasteiger partial charge on any atom is 0.0314 e. The molecule has 2 rings (SSSR count). The highest BCUT2D eigenvalue weighted by Gasteiger charge is 2.27. The van der Waals surface area contributed by atoms with Crippen molar-refractivity contribution in [1.29, 1.82) is 0 Å². The van der Waals surface area contributed by atoms with Crippen molar-refractivity contribution in [2.24, 2.45) is 11.8 Å². The summed E-state index contributed by atoms with van der Waals surface area (Å²) in [6.45, 7) is 2.38. The molecule has 0 aromatic carbocycles. The molecular weight excluding hydrogens is 336 g/mol. The van der Waals surface area contributed by atoms with E-state index in [1.807, 2.05) is 11.3 Å². The lowest BCUT2D eigenvalue weighted by Crippen LogP contribution is -2.25. The molecule has 3 atom stereocenters. The molecule has 84 valence electrons. The van der Waals surface area contributed by atoms with Crippen molar-refractivity contribution in [3.05, 3.63) is 20.8 Å². The maximum absolute atomic E-state index is 3.84. The normalized spacial score (nSPS) is 31.8. The van der Waals surface area contributed by atoms with Gasteiger partial charge in [-0.2, -0.15) is 0 Å². The molecule has 0 aliphatic heterocycles. The third kappa shape index (κ3) is 3.07. The Morgan fingerprint density at radius 1 is 1.47 bits per heavy atom. The van der Waals surface area contributed by atoms with Crippen LogP contribution in [-0.2, 0) is 6.42 Å². The smallest absolute Gasteiger partial charge is 0.0314 e. The van der Waals surface area contributed by atoms with Crippen LogP contribution in [0.3, 0.4) is 0 Å². The molecule has 3 unspecified atom stereocenters. The van der Waals surface area contributed by atoms with Crippen LogP contribution in [0.5, 0.6) is 0 Å². The Labute approximate surface area is 113 Å². The minimum Gasteiger partial charge on any atom is -0.148 e. The monoisotopic (exact) mass is 350 g/mol. The van der Waals surface area contributed by atoms with Gasteiger partial charge in [0, 0.05) is 14.2 Å². The van der Waals surface area contributed by atoms with E-state index in [2.05, 4.69) is 50.2 Å². The van der Waals surface area contributed by atoms with Crippen LogP contribution in [0.4, 0.5) is 0 Å². The topological polar surface area (TPSA) is 0 Å². The van der Waals surface area contributed by atoms with Gasteiger partial charge < -0.3 is 0 Å². The molecule has 0 nitrogen and oxygen atoms in total. The zero-order valence-electron chi connectivity index (χ0n) is 8.88. The van der Waals surface area contributed by atoms with Crippen molar-refractivity contribution in [3.8, 4) is 0 Å². The second-order valence-electron chi connectivity index (χ2n) is 4.59. The van der Waals surface area contributed by atoms with Crippen molar-refractivity contribution in [2.45, 2.75) is 37.4 Å². The average molecular weight is 352 g/mol. The molecule has 0 spiro atoms. The summed E-state index contributed by atoms with van der Waals surface area (Å²) in [5, 5.41) is 2.18. The van der Waals surface area contributed by atoms with E-state index < -0.39 is 0 Å². The molecule has 1 saturated carbocycles. The first-order chi connectivity index (χ1) is 7.16. The molecule has 1 aliphatic carbocycles. The third-order valence-electron chi connectivity index (χ3n) is 3.29. The van der Waals surface area contributed by atoms with Gasteiger partial charge in [-0.15, -0.1) is 11.3 Å². The highest BCUT2D eigenvalue weighted by atomic mass is 79.9. The molecule has 0 saturated heterocycles. The Balaban J connectivity index is 2.01. The van der Waals surface area contributed by atoms with Crippen molar-refractivity contribution >= 4 is 43.2 Å². The summed E-state index contributed by atoms with van der Waals surface area (Å²) in [7, 11) is 0. The van der Waals surface area contributed by atoms with E-state index in [0.29, 0.717) is 0 Å². The Morgan fingerprint density at radius 2 is 2.27 bits per heavy atom. The molecule has 15 heavy (non-hydrogen) atoms.